The van der Waals surface area contributed by atoms with Crippen molar-refractivity contribution in [2.24, 2.45) is 0 Å². The first kappa shape index (κ1) is 20.4. The van der Waals surface area contributed by atoms with Crippen molar-refractivity contribution < 1.29 is 9.53 Å². The summed E-state index contributed by atoms with van der Waals surface area (Å²) in [5, 5.41) is 5.68. The highest BCUT2D eigenvalue weighted by Gasteiger charge is 2.14. The third kappa shape index (κ3) is 4.83. The van der Waals surface area contributed by atoms with Crippen molar-refractivity contribution >= 4 is 11.6 Å². The van der Waals surface area contributed by atoms with E-state index in [-0.39, 0.29) is 17.9 Å². The van der Waals surface area contributed by atoms with E-state index in [1.807, 2.05) is 68.4 Å². The Kier molecular flexibility index (Phi) is 5.84. The number of rotatable bonds is 7. The van der Waals surface area contributed by atoms with Gasteiger partial charge in [-0.25, -0.2) is 9.50 Å². The second kappa shape index (κ2) is 8.87. The zero-order valence-electron chi connectivity index (χ0n) is 17.5. The summed E-state index contributed by atoms with van der Waals surface area (Å²) in [4.78, 5) is 28.6. The monoisotopic (exact) mass is 416 g/mol. The van der Waals surface area contributed by atoms with E-state index in [0.29, 0.717) is 18.8 Å². The van der Waals surface area contributed by atoms with Crippen molar-refractivity contribution in [2.45, 2.75) is 33.4 Å². The van der Waals surface area contributed by atoms with Crippen LogP contribution in [0.4, 0.5) is 0 Å². The normalized spacial score (nSPS) is 10.9. The number of ether oxygens (including phenoxy) is 1. The van der Waals surface area contributed by atoms with Gasteiger partial charge < -0.3 is 10.1 Å². The zero-order valence-corrected chi connectivity index (χ0v) is 17.5. The Morgan fingerprint density at radius 2 is 1.84 bits per heavy atom. The molecule has 0 aliphatic heterocycles. The number of carbonyl (C=O) groups is 1. The predicted molar refractivity (Wildman–Crippen MR) is 118 cm³/mol. The van der Waals surface area contributed by atoms with E-state index < -0.39 is 0 Å². The quantitative estimate of drug-likeness (QED) is 0.485. The highest BCUT2D eigenvalue weighted by atomic mass is 16.5. The molecular weight excluding hydrogens is 392 g/mol. The first-order valence-electron chi connectivity index (χ1n) is 10.1. The fraction of sp³-hybridized carbons (Fsp3) is 0.208. The standard InChI is InChI=1S/C24H24N4O3/c1-16-21(17(2)28-22(26-16)13-24(30)27-28)12-23(29)25-14-18-7-6-8-19(11-18)15-31-20-9-4-3-5-10-20/h3-11,13H,12,14-15H2,1-2H3,(H,25,29)(H,27,30). The Balaban J connectivity index is 1.38. The molecule has 0 saturated heterocycles. The molecule has 4 aromatic rings. The minimum Gasteiger partial charge on any atom is -0.489 e. The lowest BCUT2D eigenvalue weighted by Crippen LogP contribution is -2.26. The molecular formula is C24H24N4O3. The first-order chi connectivity index (χ1) is 15.0. The Hall–Kier alpha value is -3.87. The van der Waals surface area contributed by atoms with Crippen molar-refractivity contribution in [3.8, 4) is 5.75 Å². The third-order valence-corrected chi connectivity index (χ3v) is 5.17. The molecule has 0 unspecified atom stereocenters. The molecule has 0 atom stereocenters. The van der Waals surface area contributed by atoms with Gasteiger partial charge in [-0.2, -0.15) is 0 Å². The van der Waals surface area contributed by atoms with Crippen LogP contribution >= 0.6 is 0 Å². The van der Waals surface area contributed by atoms with Gasteiger partial charge in [-0.05, 0) is 37.1 Å². The van der Waals surface area contributed by atoms with Crippen molar-refractivity contribution in [1.82, 2.24) is 19.9 Å². The lowest BCUT2D eigenvalue weighted by molar-refractivity contribution is -0.120. The molecule has 158 valence electrons. The van der Waals surface area contributed by atoms with E-state index in [0.717, 1.165) is 33.8 Å². The molecule has 0 saturated carbocycles. The number of aryl methyl sites for hydroxylation is 2. The molecule has 31 heavy (non-hydrogen) atoms. The molecule has 2 N–H and O–H groups in total. The van der Waals surface area contributed by atoms with Crippen LogP contribution in [0, 0.1) is 13.8 Å². The number of benzene rings is 2. The summed E-state index contributed by atoms with van der Waals surface area (Å²) in [6.07, 6.45) is 0.192. The topological polar surface area (TPSA) is 88.5 Å². The fourth-order valence-corrected chi connectivity index (χ4v) is 3.55. The fourth-order valence-electron chi connectivity index (χ4n) is 3.55. The number of nitrogens with one attached hydrogen (secondary N) is 2. The molecule has 0 spiro atoms. The number of para-hydroxylation sites is 1. The molecule has 0 bridgehead atoms. The van der Waals surface area contributed by atoms with Gasteiger partial charge in [0.15, 0.2) is 5.65 Å². The third-order valence-electron chi connectivity index (χ3n) is 5.17. The summed E-state index contributed by atoms with van der Waals surface area (Å²) in [6, 6.07) is 19.1. The SMILES string of the molecule is Cc1nc2cc(=O)[nH]n2c(C)c1CC(=O)NCc1cccc(COc2ccccc2)c1. The van der Waals surface area contributed by atoms with E-state index in [4.69, 9.17) is 4.74 Å². The van der Waals surface area contributed by atoms with Gasteiger partial charge in [0.25, 0.3) is 5.56 Å². The molecule has 1 amide bonds. The van der Waals surface area contributed by atoms with Gasteiger partial charge in [-0.3, -0.25) is 14.7 Å². The second-order valence-electron chi connectivity index (χ2n) is 7.45. The molecule has 0 fully saturated rings. The maximum Gasteiger partial charge on any atom is 0.266 e. The van der Waals surface area contributed by atoms with E-state index in [1.54, 1.807) is 4.52 Å². The van der Waals surface area contributed by atoms with E-state index in [2.05, 4.69) is 15.4 Å². The van der Waals surface area contributed by atoms with Crippen LogP contribution in [0.15, 0.2) is 65.5 Å². The molecule has 0 aliphatic carbocycles. The Bertz CT molecular complexity index is 1280. The van der Waals surface area contributed by atoms with Gasteiger partial charge in [-0.15, -0.1) is 0 Å². The molecule has 4 rings (SSSR count). The van der Waals surface area contributed by atoms with Gasteiger partial charge >= 0.3 is 0 Å². The van der Waals surface area contributed by atoms with Crippen LogP contribution in [0.3, 0.4) is 0 Å². The van der Waals surface area contributed by atoms with Gasteiger partial charge in [0, 0.05) is 29.6 Å². The summed E-state index contributed by atoms with van der Waals surface area (Å²) in [6.45, 7) is 4.61. The minimum atomic E-state index is -0.215. The van der Waals surface area contributed by atoms with Crippen LogP contribution in [0.2, 0.25) is 0 Å². The van der Waals surface area contributed by atoms with Gasteiger partial charge in [0.05, 0.1) is 6.42 Å². The molecule has 2 aromatic carbocycles. The Morgan fingerprint density at radius 1 is 1.06 bits per heavy atom. The van der Waals surface area contributed by atoms with Gasteiger partial charge in [0.1, 0.15) is 12.4 Å². The predicted octanol–water partition coefficient (Wildman–Crippen LogP) is 3.08. The lowest BCUT2D eigenvalue weighted by Gasteiger charge is -2.12. The van der Waals surface area contributed by atoms with Crippen LogP contribution in [0.5, 0.6) is 5.75 Å². The number of aromatic nitrogens is 3. The number of H-pyrrole nitrogens is 1. The molecule has 2 aromatic heterocycles. The highest BCUT2D eigenvalue weighted by molar-refractivity contribution is 5.79. The molecule has 0 radical (unpaired) electrons. The number of nitrogens with zero attached hydrogens (tertiary/aromatic N) is 2. The minimum absolute atomic E-state index is 0.104. The van der Waals surface area contributed by atoms with Crippen LogP contribution in [-0.4, -0.2) is 20.5 Å². The maximum atomic E-state index is 12.6. The summed E-state index contributed by atoms with van der Waals surface area (Å²) in [7, 11) is 0. The van der Waals surface area contributed by atoms with Crippen molar-refractivity contribution in [2.75, 3.05) is 0 Å². The van der Waals surface area contributed by atoms with Gasteiger partial charge in [0.2, 0.25) is 5.91 Å². The van der Waals surface area contributed by atoms with Crippen LogP contribution < -0.4 is 15.6 Å². The molecule has 2 heterocycles. The Morgan fingerprint density at radius 3 is 2.65 bits per heavy atom. The van der Waals surface area contributed by atoms with Gasteiger partial charge in [-0.1, -0.05) is 42.5 Å². The van der Waals surface area contributed by atoms with E-state index >= 15 is 0 Å². The van der Waals surface area contributed by atoms with Crippen LogP contribution in [0.25, 0.3) is 5.65 Å². The molecule has 7 heteroatoms. The number of carbonyl (C=O) groups excluding carboxylic acids is 1. The average Bonchev–Trinajstić information content (AvgIpc) is 3.15. The van der Waals surface area contributed by atoms with Crippen LogP contribution in [0.1, 0.15) is 28.1 Å². The van der Waals surface area contributed by atoms with E-state index in [9.17, 15) is 9.59 Å². The Labute approximate surface area is 179 Å². The summed E-state index contributed by atoms with van der Waals surface area (Å²) >= 11 is 0. The van der Waals surface area contributed by atoms with Crippen LogP contribution in [-0.2, 0) is 24.4 Å². The number of hydrogen-bond acceptors (Lipinski definition) is 4. The summed E-state index contributed by atoms with van der Waals surface area (Å²) in [5.41, 5.74) is 4.73. The number of amides is 1. The number of hydrogen-bond donors (Lipinski definition) is 2. The lowest BCUT2D eigenvalue weighted by atomic mass is 10.1. The number of fused-ring (bicyclic) bond motifs is 1. The molecule has 0 aliphatic rings. The summed E-state index contributed by atoms with van der Waals surface area (Å²) < 4.78 is 7.41. The second-order valence-corrected chi connectivity index (χ2v) is 7.45. The largest absolute Gasteiger partial charge is 0.489 e. The smallest absolute Gasteiger partial charge is 0.266 e. The van der Waals surface area contributed by atoms with Crippen molar-refractivity contribution in [1.29, 1.82) is 0 Å². The number of aromatic amines is 1. The maximum absolute atomic E-state index is 12.6. The van der Waals surface area contributed by atoms with Crippen molar-refractivity contribution in [3.05, 3.63) is 99.1 Å². The first-order valence-corrected chi connectivity index (χ1v) is 10.1. The average molecular weight is 416 g/mol. The summed E-state index contributed by atoms with van der Waals surface area (Å²) in [5.74, 6) is 0.717. The zero-order chi connectivity index (χ0) is 21.8. The molecule has 7 nitrogen and oxygen atoms in total. The van der Waals surface area contributed by atoms with E-state index in [1.165, 1.54) is 6.07 Å². The highest BCUT2D eigenvalue weighted by Crippen LogP contribution is 2.15. The van der Waals surface area contributed by atoms with Crippen molar-refractivity contribution in [3.63, 3.8) is 0 Å².